The van der Waals surface area contributed by atoms with Gasteiger partial charge in [0.05, 0.1) is 19.3 Å². The Balaban J connectivity index is 1.82. The third-order valence-corrected chi connectivity index (χ3v) is 5.72. The molecule has 168 valence electrons. The van der Waals surface area contributed by atoms with Crippen LogP contribution in [0, 0.1) is 5.82 Å². The average molecular weight is 462 g/mol. The fourth-order valence-electron chi connectivity index (χ4n) is 3.93. The summed E-state index contributed by atoms with van der Waals surface area (Å²) < 4.78 is 62.8. The number of nitrogens with zero attached hydrogens (tertiary/aromatic N) is 5. The van der Waals surface area contributed by atoms with Crippen molar-refractivity contribution < 1.29 is 22.3 Å². The van der Waals surface area contributed by atoms with Gasteiger partial charge in [0, 0.05) is 25.8 Å². The molecule has 0 amide bonds. The van der Waals surface area contributed by atoms with Crippen molar-refractivity contribution in [2.75, 3.05) is 29.6 Å². The Morgan fingerprint density at radius 2 is 2.06 bits per heavy atom. The van der Waals surface area contributed by atoms with Gasteiger partial charge >= 0.3 is 6.18 Å². The lowest BCUT2D eigenvalue weighted by Gasteiger charge is -2.40. The van der Waals surface area contributed by atoms with Crippen molar-refractivity contribution in [2.24, 2.45) is 0 Å². The van der Waals surface area contributed by atoms with E-state index in [1.165, 1.54) is 12.3 Å². The highest BCUT2D eigenvalue weighted by Gasteiger charge is 2.47. The lowest BCUT2D eigenvalue weighted by molar-refractivity contribution is -0.153. The third-order valence-electron chi connectivity index (χ3n) is 5.49. The molecule has 0 aliphatic carbocycles. The highest BCUT2D eigenvalue weighted by molar-refractivity contribution is 6.29. The summed E-state index contributed by atoms with van der Waals surface area (Å²) >= 11 is 5.78. The van der Waals surface area contributed by atoms with E-state index in [-0.39, 0.29) is 42.6 Å². The largest absolute Gasteiger partial charge is 0.408 e. The Hall–Kier alpha value is -2.40. The number of rotatable bonds is 3. The summed E-state index contributed by atoms with van der Waals surface area (Å²) in [7, 11) is 0. The molecule has 2 atom stereocenters. The first-order valence-corrected chi connectivity index (χ1v) is 10.1. The van der Waals surface area contributed by atoms with E-state index >= 15 is 0 Å². The molecule has 0 spiro atoms. The second-order valence-electron chi connectivity index (χ2n) is 7.59. The summed E-state index contributed by atoms with van der Waals surface area (Å²) in [5.41, 5.74) is -0.537. The Kier molecular flexibility index (Phi) is 5.82. The fourth-order valence-corrected chi connectivity index (χ4v) is 4.04. The molecular weight excluding hydrogens is 442 g/mol. The minimum absolute atomic E-state index is 0.204. The van der Waals surface area contributed by atoms with E-state index in [1.54, 1.807) is 17.9 Å². The van der Waals surface area contributed by atoms with Crippen LogP contribution in [0.15, 0.2) is 23.1 Å². The van der Waals surface area contributed by atoms with Crippen molar-refractivity contribution >= 4 is 23.4 Å². The second-order valence-corrected chi connectivity index (χ2v) is 7.97. The van der Waals surface area contributed by atoms with Gasteiger partial charge in [-0.1, -0.05) is 17.7 Å². The maximum atomic E-state index is 14.9. The molecule has 0 N–H and O–H groups in total. The first-order valence-electron chi connectivity index (χ1n) is 9.75. The van der Waals surface area contributed by atoms with Gasteiger partial charge in [0.1, 0.15) is 11.2 Å². The predicted molar refractivity (Wildman–Crippen MR) is 106 cm³/mol. The zero-order valence-corrected chi connectivity index (χ0v) is 17.3. The number of fused-ring (bicyclic) bond motifs is 1. The lowest BCUT2D eigenvalue weighted by atomic mass is 10.1. The van der Waals surface area contributed by atoms with Crippen LogP contribution in [0.1, 0.15) is 18.9 Å². The van der Waals surface area contributed by atoms with Crippen molar-refractivity contribution in [3.63, 3.8) is 0 Å². The fraction of sp³-hybridized carbons (Fsp3) is 0.526. The number of alkyl halides is 3. The minimum Gasteiger partial charge on any atom is -0.377 e. The van der Waals surface area contributed by atoms with Gasteiger partial charge < -0.3 is 14.5 Å². The quantitative estimate of drug-likeness (QED) is 0.517. The summed E-state index contributed by atoms with van der Waals surface area (Å²) in [5, 5.41) is 0.204. The zero-order valence-electron chi connectivity index (χ0n) is 16.6. The predicted octanol–water partition coefficient (Wildman–Crippen LogP) is 3.00. The molecule has 2 aromatic heterocycles. The van der Waals surface area contributed by atoms with Crippen LogP contribution < -0.4 is 15.4 Å². The van der Waals surface area contributed by atoms with E-state index in [1.807, 2.05) is 0 Å². The van der Waals surface area contributed by atoms with Gasteiger partial charge in [-0.2, -0.15) is 22.5 Å². The van der Waals surface area contributed by atoms with Crippen molar-refractivity contribution in [3.8, 4) is 0 Å². The molecule has 31 heavy (non-hydrogen) atoms. The molecule has 0 aromatic carbocycles. The van der Waals surface area contributed by atoms with Gasteiger partial charge in [0.2, 0.25) is 11.8 Å². The summed E-state index contributed by atoms with van der Waals surface area (Å²) in [4.78, 5) is 23.4. The number of hydrogen-bond acceptors (Lipinski definition) is 6. The van der Waals surface area contributed by atoms with E-state index in [4.69, 9.17) is 16.3 Å². The van der Waals surface area contributed by atoms with Crippen molar-refractivity contribution in [3.05, 3.63) is 45.2 Å². The normalized spacial score (nSPS) is 21.9. The zero-order chi connectivity index (χ0) is 22.3. The van der Waals surface area contributed by atoms with Gasteiger partial charge in [-0.3, -0.25) is 9.36 Å². The number of anilines is 2. The number of pyridine rings is 1. The molecule has 12 heteroatoms. The van der Waals surface area contributed by atoms with Crippen molar-refractivity contribution in [2.45, 2.75) is 44.7 Å². The Morgan fingerprint density at radius 3 is 2.71 bits per heavy atom. The number of hydrogen-bond donors (Lipinski definition) is 0. The summed E-state index contributed by atoms with van der Waals surface area (Å²) in [6.45, 7) is 2.14. The number of halogens is 5. The molecule has 2 aromatic rings. The van der Waals surface area contributed by atoms with Crippen LogP contribution in [0.5, 0.6) is 0 Å². The highest BCUT2D eigenvalue weighted by atomic mass is 35.5. The number of morpholine rings is 1. The molecule has 1 saturated heterocycles. The van der Waals surface area contributed by atoms with E-state index in [2.05, 4.69) is 9.97 Å². The molecule has 0 radical (unpaired) electrons. The van der Waals surface area contributed by atoms with Crippen LogP contribution in [0.4, 0.5) is 29.3 Å². The monoisotopic (exact) mass is 461 g/mol. The summed E-state index contributed by atoms with van der Waals surface area (Å²) in [6, 6.07) is 0.855. The first kappa shape index (κ1) is 21.8. The molecule has 4 heterocycles. The molecule has 1 fully saturated rings. The third kappa shape index (κ3) is 4.20. The number of aromatic nitrogens is 3. The standard InChI is InChI=1S/C19H20ClF4N5O2/c1-11-10-31-7-6-27(11)16-15(21)17(30)28-5-4-13(19(22,23)24)29(18(28)26-16)9-12-2-3-14(20)25-8-12/h2-3,8,11,13H,4-7,9-10H2,1H3. The summed E-state index contributed by atoms with van der Waals surface area (Å²) in [5.74, 6) is -1.55. The SMILES string of the molecule is CC1COCCN1c1nc2n(c(=O)c1F)CCC(C(F)(F)F)N2Cc1ccc(Cl)nc1. The molecule has 2 aliphatic heterocycles. The van der Waals surface area contributed by atoms with Gasteiger partial charge in [-0.25, -0.2) is 4.98 Å². The van der Waals surface area contributed by atoms with E-state index in [9.17, 15) is 22.4 Å². The molecule has 7 nitrogen and oxygen atoms in total. The van der Waals surface area contributed by atoms with Crippen LogP contribution in [-0.2, 0) is 17.8 Å². The smallest absolute Gasteiger partial charge is 0.377 e. The minimum atomic E-state index is -4.57. The van der Waals surface area contributed by atoms with E-state index in [0.717, 1.165) is 9.47 Å². The molecule has 2 unspecified atom stereocenters. The molecular formula is C19H20ClF4N5O2. The van der Waals surface area contributed by atoms with Crippen molar-refractivity contribution in [1.29, 1.82) is 0 Å². The molecule has 0 saturated carbocycles. The average Bonchev–Trinajstić information content (AvgIpc) is 2.72. The number of ether oxygens (including phenoxy) is 1. The topological polar surface area (TPSA) is 63.5 Å². The van der Waals surface area contributed by atoms with E-state index < -0.39 is 30.0 Å². The van der Waals surface area contributed by atoms with Crippen molar-refractivity contribution in [1.82, 2.24) is 14.5 Å². The van der Waals surface area contributed by atoms with Crippen LogP contribution in [0.2, 0.25) is 5.15 Å². The maximum Gasteiger partial charge on any atom is 0.408 e. The van der Waals surface area contributed by atoms with E-state index in [0.29, 0.717) is 18.8 Å². The molecule has 0 bridgehead atoms. The van der Waals surface area contributed by atoms with Crippen LogP contribution >= 0.6 is 11.6 Å². The van der Waals surface area contributed by atoms with Gasteiger partial charge in [-0.05, 0) is 25.0 Å². The maximum absolute atomic E-state index is 14.9. The molecule has 4 rings (SSSR count). The van der Waals surface area contributed by atoms with Crippen LogP contribution in [-0.4, -0.2) is 52.6 Å². The molecule has 2 aliphatic rings. The Morgan fingerprint density at radius 1 is 1.29 bits per heavy atom. The highest BCUT2D eigenvalue weighted by Crippen LogP contribution is 2.36. The second kappa shape index (κ2) is 8.27. The van der Waals surface area contributed by atoms with Gasteiger partial charge in [-0.15, -0.1) is 0 Å². The Bertz CT molecular complexity index is 1010. The lowest BCUT2D eigenvalue weighted by Crippen LogP contribution is -2.53. The van der Waals surface area contributed by atoms with Crippen LogP contribution in [0.25, 0.3) is 0 Å². The van der Waals surface area contributed by atoms with Crippen LogP contribution in [0.3, 0.4) is 0 Å². The van der Waals surface area contributed by atoms with Gasteiger partial charge in [0.15, 0.2) is 5.82 Å². The summed E-state index contributed by atoms with van der Waals surface area (Å²) in [6.07, 6.45) is -3.60. The first-order chi connectivity index (χ1) is 14.7. The Labute approximate surface area is 180 Å². The van der Waals surface area contributed by atoms with Gasteiger partial charge in [0.25, 0.3) is 5.56 Å².